The molecule has 1 saturated carbocycles. The van der Waals surface area contributed by atoms with Crippen LogP contribution in [-0.4, -0.2) is 27.1 Å². The highest BCUT2D eigenvalue weighted by molar-refractivity contribution is 6.03. The SMILES string of the molecule is C#CC(C)(C(=O)N(c1ccccn1)C1CCCCC1)c1ccc(O)c(O)c1. The maximum Gasteiger partial charge on any atom is 0.250 e. The highest BCUT2D eigenvalue weighted by Gasteiger charge is 2.41. The molecular formula is C22H24N2O3. The lowest BCUT2D eigenvalue weighted by molar-refractivity contribution is -0.122. The molecule has 140 valence electrons. The van der Waals surface area contributed by atoms with E-state index in [2.05, 4.69) is 10.9 Å². The second kappa shape index (κ2) is 7.71. The maximum absolute atomic E-state index is 13.7. The molecule has 5 nitrogen and oxygen atoms in total. The highest BCUT2D eigenvalue weighted by Crippen LogP contribution is 2.36. The molecule has 0 spiro atoms. The van der Waals surface area contributed by atoms with Crippen molar-refractivity contribution in [1.82, 2.24) is 4.98 Å². The summed E-state index contributed by atoms with van der Waals surface area (Å²) in [5.41, 5.74) is -0.831. The molecule has 1 heterocycles. The molecule has 1 fully saturated rings. The maximum atomic E-state index is 13.7. The summed E-state index contributed by atoms with van der Waals surface area (Å²) in [6.07, 6.45) is 12.6. The summed E-state index contributed by atoms with van der Waals surface area (Å²) >= 11 is 0. The minimum absolute atomic E-state index is 0.0412. The Morgan fingerprint density at radius 1 is 1.19 bits per heavy atom. The monoisotopic (exact) mass is 364 g/mol. The van der Waals surface area contributed by atoms with Crippen molar-refractivity contribution in [3.8, 4) is 23.8 Å². The summed E-state index contributed by atoms with van der Waals surface area (Å²) < 4.78 is 0. The van der Waals surface area contributed by atoms with Crippen molar-refractivity contribution in [3.63, 3.8) is 0 Å². The molecule has 1 aliphatic carbocycles. The Kier molecular flexibility index (Phi) is 5.36. The largest absolute Gasteiger partial charge is 0.504 e. The molecule has 1 aliphatic rings. The van der Waals surface area contributed by atoms with Crippen LogP contribution in [-0.2, 0) is 10.2 Å². The fraction of sp³-hybridized carbons (Fsp3) is 0.364. The van der Waals surface area contributed by atoms with Crippen LogP contribution in [0.25, 0.3) is 0 Å². The zero-order valence-electron chi connectivity index (χ0n) is 15.4. The van der Waals surface area contributed by atoms with Crippen LogP contribution in [0.2, 0.25) is 0 Å². The Morgan fingerprint density at radius 3 is 2.52 bits per heavy atom. The van der Waals surface area contributed by atoms with Gasteiger partial charge in [0.1, 0.15) is 11.2 Å². The second-order valence-corrected chi connectivity index (χ2v) is 7.13. The fourth-order valence-corrected chi connectivity index (χ4v) is 3.64. The van der Waals surface area contributed by atoms with Gasteiger partial charge in [-0.1, -0.05) is 37.3 Å². The van der Waals surface area contributed by atoms with E-state index < -0.39 is 5.41 Å². The zero-order chi connectivity index (χ0) is 19.4. The minimum atomic E-state index is -1.29. The molecule has 1 atom stereocenters. The molecule has 0 saturated heterocycles. The molecule has 0 bridgehead atoms. The molecule has 27 heavy (non-hydrogen) atoms. The lowest BCUT2D eigenvalue weighted by Crippen LogP contribution is -2.50. The average Bonchev–Trinajstić information content (AvgIpc) is 2.71. The number of carbonyl (C=O) groups is 1. The van der Waals surface area contributed by atoms with Crippen LogP contribution in [0.1, 0.15) is 44.6 Å². The molecular weight excluding hydrogens is 340 g/mol. The van der Waals surface area contributed by atoms with Crippen LogP contribution in [0.3, 0.4) is 0 Å². The number of benzene rings is 1. The Labute approximate surface area is 159 Å². The predicted molar refractivity (Wildman–Crippen MR) is 105 cm³/mol. The van der Waals surface area contributed by atoms with Gasteiger partial charge in [0.2, 0.25) is 0 Å². The lowest BCUT2D eigenvalue weighted by atomic mass is 9.80. The van der Waals surface area contributed by atoms with Crippen molar-refractivity contribution < 1.29 is 15.0 Å². The number of carbonyl (C=O) groups excluding carboxylic acids is 1. The summed E-state index contributed by atoms with van der Waals surface area (Å²) in [5.74, 6) is 2.40. The van der Waals surface area contributed by atoms with Crippen molar-refractivity contribution in [2.45, 2.75) is 50.5 Å². The zero-order valence-corrected chi connectivity index (χ0v) is 15.4. The van der Waals surface area contributed by atoms with E-state index in [9.17, 15) is 15.0 Å². The molecule has 1 aromatic carbocycles. The van der Waals surface area contributed by atoms with Gasteiger partial charge in [-0.3, -0.25) is 9.69 Å². The van der Waals surface area contributed by atoms with E-state index in [0.29, 0.717) is 11.4 Å². The highest BCUT2D eigenvalue weighted by atomic mass is 16.3. The Morgan fingerprint density at radius 2 is 1.93 bits per heavy atom. The number of aromatic nitrogens is 1. The molecule has 2 N–H and O–H groups in total. The van der Waals surface area contributed by atoms with E-state index in [1.54, 1.807) is 24.1 Å². The van der Waals surface area contributed by atoms with E-state index in [-0.39, 0.29) is 23.4 Å². The third-order valence-electron chi connectivity index (χ3n) is 5.32. The van der Waals surface area contributed by atoms with E-state index in [1.807, 2.05) is 18.2 Å². The van der Waals surface area contributed by atoms with Crippen molar-refractivity contribution in [1.29, 1.82) is 0 Å². The van der Waals surface area contributed by atoms with Crippen LogP contribution in [0.15, 0.2) is 42.6 Å². The number of anilines is 1. The Bertz CT molecular complexity index is 854. The number of rotatable bonds is 4. The van der Waals surface area contributed by atoms with Gasteiger partial charge in [0.25, 0.3) is 5.91 Å². The third-order valence-corrected chi connectivity index (χ3v) is 5.32. The molecule has 3 rings (SSSR count). The Balaban J connectivity index is 2.05. The van der Waals surface area contributed by atoms with E-state index in [0.717, 1.165) is 25.7 Å². The first kappa shape index (κ1) is 18.8. The van der Waals surface area contributed by atoms with Gasteiger partial charge >= 0.3 is 0 Å². The number of hydrogen-bond donors (Lipinski definition) is 2. The number of hydrogen-bond acceptors (Lipinski definition) is 4. The predicted octanol–water partition coefficient (Wildman–Crippen LogP) is 3.75. The summed E-state index contributed by atoms with van der Waals surface area (Å²) in [5, 5.41) is 19.5. The van der Waals surface area contributed by atoms with Gasteiger partial charge in [-0.05, 0) is 49.6 Å². The minimum Gasteiger partial charge on any atom is -0.504 e. The van der Waals surface area contributed by atoms with Crippen molar-refractivity contribution >= 4 is 11.7 Å². The van der Waals surface area contributed by atoms with Crippen molar-refractivity contribution in [3.05, 3.63) is 48.2 Å². The summed E-state index contributed by atoms with van der Waals surface area (Å²) in [7, 11) is 0. The number of aromatic hydroxyl groups is 2. The molecule has 5 heteroatoms. The normalized spacial score (nSPS) is 16.9. The van der Waals surface area contributed by atoms with Gasteiger partial charge in [-0.25, -0.2) is 4.98 Å². The number of terminal acetylenes is 1. The van der Waals surface area contributed by atoms with Crippen LogP contribution in [0.5, 0.6) is 11.5 Å². The van der Waals surface area contributed by atoms with Gasteiger partial charge in [0.05, 0.1) is 0 Å². The van der Waals surface area contributed by atoms with Crippen LogP contribution in [0, 0.1) is 12.3 Å². The summed E-state index contributed by atoms with van der Waals surface area (Å²) in [6, 6.07) is 9.79. The Hall–Kier alpha value is -3.00. The first-order valence-corrected chi connectivity index (χ1v) is 9.22. The average molecular weight is 364 g/mol. The molecule has 1 amide bonds. The van der Waals surface area contributed by atoms with Crippen LogP contribution in [0.4, 0.5) is 5.82 Å². The molecule has 1 aromatic heterocycles. The smallest absolute Gasteiger partial charge is 0.250 e. The molecule has 2 aromatic rings. The van der Waals surface area contributed by atoms with Gasteiger partial charge in [0.15, 0.2) is 11.5 Å². The fourth-order valence-electron chi connectivity index (χ4n) is 3.64. The van der Waals surface area contributed by atoms with Crippen LogP contribution < -0.4 is 4.90 Å². The topological polar surface area (TPSA) is 73.7 Å². The van der Waals surface area contributed by atoms with Crippen LogP contribution >= 0.6 is 0 Å². The standard InChI is InChI=1S/C22H24N2O3/c1-3-22(2,16-12-13-18(25)19(26)15-16)21(27)24(17-9-5-4-6-10-17)20-11-7-8-14-23-20/h1,7-8,11-15,17,25-26H,4-6,9-10H2,2H3. The molecule has 0 radical (unpaired) electrons. The summed E-state index contributed by atoms with van der Waals surface area (Å²) in [4.78, 5) is 19.8. The van der Waals surface area contributed by atoms with E-state index in [1.165, 1.54) is 18.6 Å². The number of phenols is 2. The number of amides is 1. The van der Waals surface area contributed by atoms with E-state index >= 15 is 0 Å². The first-order valence-electron chi connectivity index (χ1n) is 9.22. The van der Waals surface area contributed by atoms with Gasteiger partial charge in [0, 0.05) is 12.2 Å². The number of nitrogens with zero attached hydrogens (tertiary/aromatic N) is 2. The summed E-state index contributed by atoms with van der Waals surface area (Å²) in [6.45, 7) is 1.67. The quantitative estimate of drug-likeness (QED) is 0.640. The molecule has 0 aliphatic heterocycles. The van der Waals surface area contributed by atoms with Gasteiger partial charge in [-0.15, -0.1) is 6.42 Å². The first-order chi connectivity index (χ1) is 13.0. The molecule has 1 unspecified atom stereocenters. The number of phenolic OH excluding ortho intramolecular Hbond substituents is 2. The lowest BCUT2D eigenvalue weighted by Gasteiger charge is -2.38. The van der Waals surface area contributed by atoms with Gasteiger partial charge in [-0.2, -0.15) is 0 Å². The van der Waals surface area contributed by atoms with E-state index in [4.69, 9.17) is 6.42 Å². The third kappa shape index (κ3) is 3.61. The number of pyridine rings is 1. The van der Waals surface area contributed by atoms with Crippen molar-refractivity contribution in [2.24, 2.45) is 0 Å². The van der Waals surface area contributed by atoms with Gasteiger partial charge < -0.3 is 10.2 Å². The van der Waals surface area contributed by atoms with Crippen molar-refractivity contribution in [2.75, 3.05) is 4.90 Å². The second-order valence-electron chi connectivity index (χ2n) is 7.13.